The SMILES string of the molecule is CC(C)C(NC(=O)Nc1ccc(Br)cc1)C(=O)N1CCN(c2ncccc2C(F)(F)F)CC1. The van der Waals surface area contributed by atoms with Gasteiger partial charge in [0.15, 0.2) is 0 Å². The lowest BCUT2D eigenvalue weighted by Crippen LogP contribution is -2.57. The smallest absolute Gasteiger partial charge is 0.353 e. The molecule has 2 aromatic rings. The third kappa shape index (κ3) is 6.37. The number of nitrogens with one attached hydrogen (secondary N) is 2. The minimum Gasteiger partial charge on any atom is -0.353 e. The van der Waals surface area contributed by atoms with E-state index in [2.05, 4.69) is 31.5 Å². The molecule has 2 heterocycles. The molecule has 1 saturated heterocycles. The first-order chi connectivity index (χ1) is 15.6. The van der Waals surface area contributed by atoms with E-state index < -0.39 is 23.8 Å². The molecule has 3 amide bonds. The average Bonchev–Trinajstić information content (AvgIpc) is 2.78. The zero-order chi connectivity index (χ0) is 24.2. The van der Waals surface area contributed by atoms with Crippen molar-refractivity contribution in [3.05, 3.63) is 52.6 Å². The van der Waals surface area contributed by atoms with Gasteiger partial charge in [-0.15, -0.1) is 0 Å². The molecule has 3 rings (SSSR count). The van der Waals surface area contributed by atoms with Crippen LogP contribution in [0.3, 0.4) is 0 Å². The molecule has 1 aliphatic rings. The number of benzene rings is 1. The summed E-state index contributed by atoms with van der Waals surface area (Å²) in [6.45, 7) is 4.52. The lowest BCUT2D eigenvalue weighted by molar-refractivity contribution is -0.138. The van der Waals surface area contributed by atoms with Crippen LogP contribution < -0.4 is 15.5 Å². The molecule has 1 aliphatic heterocycles. The van der Waals surface area contributed by atoms with Crippen molar-refractivity contribution in [1.29, 1.82) is 0 Å². The van der Waals surface area contributed by atoms with Crippen molar-refractivity contribution in [2.45, 2.75) is 26.1 Å². The molecule has 178 valence electrons. The van der Waals surface area contributed by atoms with Crippen molar-refractivity contribution < 1.29 is 22.8 Å². The van der Waals surface area contributed by atoms with Crippen LogP contribution in [0.4, 0.5) is 29.5 Å². The number of anilines is 2. The molecule has 0 radical (unpaired) electrons. The van der Waals surface area contributed by atoms with E-state index >= 15 is 0 Å². The van der Waals surface area contributed by atoms with Crippen LogP contribution in [0.25, 0.3) is 0 Å². The number of aromatic nitrogens is 1. The van der Waals surface area contributed by atoms with Gasteiger partial charge < -0.3 is 20.4 Å². The summed E-state index contributed by atoms with van der Waals surface area (Å²) >= 11 is 3.33. The minimum absolute atomic E-state index is 0.135. The number of halogens is 4. The Morgan fingerprint density at radius 1 is 1.06 bits per heavy atom. The summed E-state index contributed by atoms with van der Waals surface area (Å²) in [6.07, 6.45) is -3.18. The Labute approximate surface area is 198 Å². The van der Waals surface area contributed by atoms with E-state index in [-0.39, 0.29) is 43.8 Å². The summed E-state index contributed by atoms with van der Waals surface area (Å²) in [4.78, 5) is 32.6. The summed E-state index contributed by atoms with van der Waals surface area (Å²) in [5.41, 5.74) is -0.216. The number of hydrogen-bond acceptors (Lipinski definition) is 4. The molecule has 1 fully saturated rings. The van der Waals surface area contributed by atoms with Crippen LogP contribution in [-0.2, 0) is 11.0 Å². The van der Waals surface area contributed by atoms with Crippen LogP contribution in [0.5, 0.6) is 0 Å². The zero-order valence-electron chi connectivity index (χ0n) is 18.2. The normalized spacial score (nSPS) is 15.4. The number of urea groups is 1. The van der Waals surface area contributed by atoms with Crippen LogP contribution in [0.15, 0.2) is 47.1 Å². The zero-order valence-corrected chi connectivity index (χ0v) is 19.8. The quantitative estimate of drug-likeness (QED) is 0.605. The van der Waals surface area contributed by atoms with Gasteiger partial charge in [-0.1, -0.05) is 29.8 Å². The van der Waals surface area contributed by atoms with Gasteiger partial charge in [0, 0.05) is 42.5 Å². The highest BCUT2D eigenvalue weighted by Crippen LogP contribution is 2.35. The first kappa shape index (κ1) is 24.8. The fourth-order valence-electron chi connectivity index (χ4n) is 3.56. The van der Waals surface area contributed by atoms with Gasteiger partial charge in [0.25, 0.3) is 0 Å². The molecule has 1 unspecified atom stereocenters. The van der Waals surface area contributed by atoms with E-state index in [0.29, 0.717) is 5.69 Å². The number of rotatable bonds is 5. The fourth-order valence-corrected chi connectivity index (χ4v) is 3.83. The van der Waals surface area contributed by atoms with Crippen LogP contribution in [0.1, 0.15) is 19.4 Å². The number of carbonyl (C=O) groups is 2. The van der Waals surface area contributed by atoms with E-state index in [4.69, 9.17) is 0 Å². The van der Waals surface area contributed by atoms with E-state index in [1.807, 2.05) is 13.8 Å². The van der Waals surface area contributed by atoms with Gasteiger partial charge in [0.05, 0.1) is 5.56 Å². The number of pyridine rings is 1. The number of hydrogen-bond donors (Lipinski definition) is 2. The van der Waals surface area contributed by atoms with Gasteiger partial charge in [-0.3, -0.25) is 4.79 Å². The molecule has 11 heteroatoms. The summed E-state index contributed by atoms with van der Waals surface area (Å²) < 4.78 is 40.8. The maximum Gasteiger partial charge on any atom is 0.419 e. The third-order valence-electron chi connectivity index (χ3n) is 5.30. The second kappa shape index (κ2) is 10.4. The van der Waals surface area contributed by atoms with E-state index in [1.165, 1.54) is 17.2 Å². The summed E-state index contributed by atoms with van der Waals surface area (Å²) in [5, 5.41) is 5.42. The molecule has 0 bridgehead atoms. The first-order valence-corrected chi connectivity index (χ1v) is 11.2. The molecule has 1 aromatic carbocycles. The van der Waals surface area contributed by atoms with Gasteiger partial charge in [0.2, 0.25) is 5.91 Å². The van der Waals surface area contributed by atoms with Gasteiger partial charge in [-0.25, -0.2) is 9.78 Å². The van der Waals surface area contributed by atoms with Crippen molar-refractivity contribution in [3.8, 4) is 0 Å². The second-order valence-electron chi connectivity index (χ2n) is 8.01. The van der Waals surface area contributed by atoms with E-state index in [9.17, 15) is 22.8 Å². The maximum absolute atomic E-state index is 13.3. The van der Waals surface area contributed by atoms with Gasteiger partial charge in [0.1, 0.15) is 11.9 Å². The molecular weight excluding hydrogens is 503 g/mol. The molecule has 0 spiro atoms. The standard InChI is InChI=1S/C22H25BrF3N5O2/c1-14(2)18(29-21(33)28-16-7-5-15(23)6-8-16)20(32)31-12-10-30(11-13-31)19-17(22(24,25)26)4-3-9-27-19/h3-9,14,18H,10-13H2,1-2H3,(H2,28,29,33). The molecular formula is C22H25BrF3N5O2. The highest BCUT2D eigenvalue weighted by atomic mass is 79.9. The number of nitrogens with zero attached hydrogens (tertiary/aromatic N) is 3. The minimum atomic E-state index is -4.51. The van der Waals surface area contributed by atoms with Crippen molar-refractivity contribution in [2.75, 3.05) is 36.4 Å². The van der Waals surface area contributed by atoms with Gasteiger partial charge in [-0.05, 0) is 42.3 Å². The summed E-state index contributed by atoms with van der Waals surface area (Å²) in [5.74, 6) is -0.587. The van der Waals surface area contributed by atoms with Gasteiger partial charge in [-0.2, -0.15) is 13.2 Å². The third-order valence-corrected chi connectivity index (χ3v) is 5.83. The molecule has 7 nitrogen and oxygen atoms in total. The molecule has 0 aliphatic carbocycles. The number of piperazine rings is 1. The molecule has 33 heavy (non-hydrogen) atoms. The van der Waals surface area contributed by atoms with Crippen LogP contribution in [0, 0.1) is 5.92 Å². The molecule has 1 atom stereocenters. The number of carbonyl (C=O) groups excluding carboxylic acids is 2. The van der Waals surface area contributed by atoms with E-state index in [1.54, 1.807) is 29.2 Å². The summed E-state index contributed by atoms with van der Waals surface area (Å²) in [6, 6.07) is 7.99. The Morgan fingerprint density at radius 3 is 2.27 bits per heavy atom. The predicted molar refractivity (Wildman–Crippen MR) is 123 cm³/mol. The lowest BCUT2D eigenvalue weighted by atomic mass is 10.0. The van der Waals surface area contributed by atoms with Crippen LogP contribution >= 0.6 is 15.9 Å². The number of amides is 3. The lowest BCUT2D eigenvalue weighted by Gasteiger charge is -2.38. The Bertz CT molecular complexity index is 977. The maximum atomic E-state index is 13.3. The number of alkyl halides is 3. The highest BCUT2D eigenvalue weighted by Gasteiger charge is 2.37. The van der Waals surface area contributed by atoms with E-state index in [0.717, 1.165) is 10.5 Å². The first-order valence-electron chi connectivity index (χ1n) is 10.5. The topological polar surface area (TPSA) is 77.6 Å². The predicted octanol–water partition coefficient (Wildman–Crippen LogP) is 4.36. The Balaban J connectivity index is 1.62. The Hall–Kier alpha value is -2.82. The fraction of sp³-hybridized carbons (Fsp3) is 0.409. The second-order valence-corrected chi connectivity index (χ2v) is 8.93. The van der Waals surface area contributed by atoms with Crippen molar-refractivity contribution in [1.82, 2.24) is 15.2 Å². The van der Waals surface area contributed by atoms with Crippen LogP contribution in [0.2, 0.25) is 0 Å². The Kier molecular flexibility index (Phi) is 7.83. The monoisotopic (exact) mass is 527 g/mol. The molecule has 1 aromatic heterocycles. The molecule has 2 N–H and O–H groups in total. The average molecular weight is 528 g/mol. The van der Waals surface area contributed by atoms with Crippen molar-refractivity contribution in [2.24, 2.45) is 5.92 Å². The molecule has 0 saturated carbocycles. The van der Waals surface area contributed by atoms with Crippen LogP contribution in [-0.4, -0.2) is 54.0 Å². The highest BCUT2D eigenvalue weighted by molar-refractivity contribution is 9.10. The Morgan fingerprint density at radius 2 is 1.70 bits per heavy atom. The summed E-state index contributed by atoms with van der Waals surface area (Å²) in [7, 11) is 0. The largest absolute Gasteiger partial charge is 0.419 e. The van der Waals surface area contributed by atoms with Crippen molar-refractivity contribution in [3.63, 3.8) is 0 Å². The van der Waals surface area contributed by atoms with Crippen molar-refractivity contribution >= 4 is 39.4 Å². The van der Waals surface area contributed by atoms with Gasteiger partial charge >= 0.3 is 12.2 Å².